The summed E-state index contributed by atoms with van der Waals surface area (Å²) >= 11 is 0. The van der Waals surface area contributed by atoms with Crippen LogP contribution in [0.15, 0.2) is 48.5 Å². The molecule has 126 valence electrons. The lowest BCUT2D eigenvalue weighted by molar-refractivity contribution is 0.0600. The molecule has 0 aliphatic heterocycles. The van der Waals surface area contributed by atoms with Gasteiger partial charge >= 0.3 is 12.0 Å². The van der Waals surface area contributed by atoms with Gasteiger partial charge in [-0.15, -0.1) is 0 Å². The molecule has 2 aromatic rings. The van der Waals surface area contributed by atoms with Gasteiger partial charge in [0, 0.05) is 23.1 Å². The third-order valence-electron chi connectivity index (χ3n) is 3.13. The molecule has 0 radical (unpaired) electrons. The van der Waals surface area contributed by atoms with Crippen LogP contribution in [-0.2, 0) is 4.74 Å². The van der Waals surface area contributed by atoms with E-state index in [1.807, 2.05) is 32.0 Å². The molecule has 6 heteroatoms. The first-order valence-corrected chi connectivity index (χ1v) is 7.61. The maximum absolute atomic E-state index is 11.6. The molecule has 24 heavy (non-hydrogen) atoms. The lowest BCUT2D eigenvalue weighted by Gasteiger charge is -2.11. The van der Waals surface area contributed by atoms with Crippen molar-refractivity contribution in [2.75, 3.05) is 17.7 Å². The van der Waals surface area contributed by atoms with E-state index in [0.717, 1.165) is 11.4 Å². The van der Waals surface area contributed by atoms with Gasteiger partial charge in [0.2, 0.25) is 0 Å². The van der Waals surface area contributed by atoms with Crippen molar-refractivity contribution in [2.24, 2.45) is 0 Å². The van der Waals surface area contributed by atoms with E-state index in [1.54, 1.807) is 30.3 Å². The van der Waals surface area contributed by atoms with Gasteiger partial charge in [0.15, 0.2) is 0 Å². The first-order valence-electron chi connectivity index (χ1n) is 7.61. The van der Waals surface area contributed by atoms with Crippen LogP contribution in [0.3, 0.4) is 0 Å². The van der Waals surface area contributed by atoms with Crippen LogP contribution < -0.4 is 16.0 Å². The Morgan fingerprint density at radius 3 is 2.25 bits per heavy atom. The summed E-state index contributed by atoms with van der Waals surface area (Å²) in [6.45, 7) is 3.80. The van der Waals surface area contributed by atoms with Gasteiger partial charge in [-0.3, -0.25) is 0 Å². The van der Waals surface area contributed by atoms with E-state index in [1.165, 1.54) is 7.11 Å². The predicted molar refractivity (Wildman–Crippen MR) is 94.8 cm³/mol. The maximum Gasteiger partial charge on any atom is 0.337 e. The molecule has 2 amide bonds. The number of hydrogen-bond donors (Lipinski definition) is 3. The number of anilines is 3. The summed E-state index contributed by atoms with van der Waals surface area (Å²) < 4.78 is 4.71. The van der Waals surface area contributed by atoms with E-state index < -0.39 is 0 Å². The largest absolute Gasteiger partial charge is 0.465 e. The van der Waals surface area contributed by atoms with Crippen molar-refractivity contribution in [3.63, 3.8) is 0 Å². The Morgan fingerprint density at radius 2 is 1.62 bits per heavy atom. The standard InChI is InChI=1S/C18H21N3O3/c1-12(2)19-18(23)21-15-9-7-14(8-10-15)20-16-6-4-5-13(11-16)17(22)24-3/h4-12,20H,1-3H3,(H2,19,21,23). The summed E-state index contributed by atoms with van der Waals surface area (Å²) in [6, 6.07) is 14.2. The molecule has 0 bridgehead atoms. The summed E-state index contributed by atoms with van der Waals surface area (Å²) in [5, 5.41) is 8.72. The minimum atomic E-state index is -0.380. The van der Waals surface area contributed by atoms with Crippen LogP contribution in [0, 0.1) is 0 Å². The zero-order valence-electron chi connectivity index (χ0n) is 13.9. The van der Waals surface area contributed by atoms with Gasteiger partial charge in [-0.05, 0) is 56.3 Å². The second kappa shape index (κ2) is 8.01. The molecule has 0 saturated heterocycles. The molecule has 0 aliphatic carbocycles. The highest BCUT2D eigenvalue weighted by atomic mass is 16.5. The fourth-order valence-electron chi connectivity index (χ4n) is 2.07. The number of carbonyl (C=O) groups excluding carboxylic acids is 2. The zero-order chi connectivity index (χ0) is 17.5. The van der Waals surface area contributed by atoms with Crippen LogP contribution in [0.5, 0.6) is 0 Å². The third kappa shape index (κ3) is 5.01. The fourth-order valence-corrected chi connectivity index (χ4v) is 2.07. The van der Waals surface area contributed by atoms with Crippen molar-refractivity contribution in [1.82, 2.24) is 5.32 Å². The number of amides is 2. The Kier molecular flexibility index (Phi) is 5.78. The lowest BCUT2D eigenvalue weighted by atomic mass is 10.2. The second-order valence-corrected chi connectivity index (χ2v) is 5.53. The van der Waals surface area contributed by atoms with E-state index in [2.05, 4.69) is 16.0 Å². The molecule has 2 rings (SSSR count). The Bertz CT molecular complexity index is 712. The molecule has 0 atom stereocenters. The summed E-state index contributed by atoms with van der Waals surface area (Å²) in [4.78, 5) is 23.2. The van der Waals surface area contributed by atoms with Crippen molar-refractivity contribution >= 4 is 29.1 Å². The van der Waals surface area contributed by atoms with Crippen molar-refractivity contribution < 1.29 is 14.3 Å². The molecular weight excluding hydrogens is 306 g/mol. The van der Waals surface area contributed by atoms with Gasteiger partial charge in [-0.25, -0.2) is 9.59 Å². The molecule has 0 aliphatic rings. The number of methoxy groups -OCH3 is 1. The quantitative estimate of drug-likeness (QED) is 0.731. The average molecular weight is 327 g/mol. The fraction of sp³-hybridized carbons (Fsp3) is 0.222. The van der Waals surface area contributed by atoms with Crippen molar-refractivity contribution in [1.29, 1.82) is 0 Å². The molecule has 0 heterocycles. The molecule has 0 unspecified atom stereocenters. The number of rotatable bonds is 5. The molecule has 0 spiro atoms. The molecule has 6 nitrogen and oxygen atoms in total. The number of benzene rings is 2. The molecule has 0 aromatic heterocycles. The van der Waals surface area contributed by atoms with Crippen LogP contribution in [0.2, 0.25) is 0 Å². The van der Waals surface area contributed by atoms with E-state index in [-0.39, 0.29) is 18.0 Å². The Morgan fingerprint density at radius 1 is 0.958 bits per heavy atom. The van der Waals surface area contributed by atoms with Crippen molar-refractivity contribution in [3.8, 4) is 0 Å². The third-order valence-corrected chi connectivity index (χ3v) is 3.13. The predicted octanol–water partition coefficient (Wildman–Crippen LogP) is 3.75. The molecule has 2 aromatic carbocycles. The number of carbonyl (C=O) groups is 2. The minimum absolute atomic E-state index is 0.0769. The first kappa shape index (κ1) is 17.3. The Labute approximate surface area is 141 Å². The van der Waals surface area contributed by atoms with Crippen LogP contribution >= 0.6 is 0 Å². The number of nitrogens with one attached hydrogen (secondary N) is 3. The first-order chi connectivity index (χ1) is 11.5. The minimum Gasteiger partial charge on any atom is -0.465 e. The topological polar surface area (TPSA) is 79.5 Å². The highest BCUT2D eigenvalue weighted by molar-refractivity contribution is 5.91. The van der Waals surface area contributed by atoms with Gasteiger partial charge in [0.1, 0.15) is 0 Å². The molecule has 0 fully saturated rings. The van der Waals surface area contributed by atoms with Gasteiger partial charge in [0.05, 0.1) is 12.7 Å². The normalized spacial score (nSPS) is 10.2. The summed E-state index contributed by atoms with van der Waals surface area (Å²) in [6.07, 6.45) is 0. The van der Waals surface area contributed by atoms with E-state index >= 15 is 0 Å². The molecule has 0 saturated carbocycles. The number of ether oxygens (including phenoxy) is 1. The van der Waals surface area contributed by atoms with Gasteiger partial charge < -0.3 is 20.7 Å². The van der Waals surface area contributed by atoms with Gasteiger partial charge in [-0.1, -0.05) is 6.07 Å². The van der Waals surface area contributed by atoms with Crippen LogP contribution in [0.25, 0.3) is 0 Å². The Balaban J connectivity index is 2.01. The second-order valence-electron chi connectivity index (χ2n) is 5.53. The monoisotopic (exact) mass is 327 g/mol. The van der Waals surface area contributed by atoms with Gasteiger partial charge in [0.25, 0.3) is 0 Å². The zero-order valence-corrected chi connectivity index (χ0v) is 13.9. The van der Waals surface area contributed by atoms with Crippen LogP contribution in [-0.4, -0.2) is 25.2 Å². The van der Waals surface area contributed by atoms with Crippen LogP contribution in [0.1, 0.15) is 24.2 Å². The van der Waals surface area contributed by atoms with Crippen LogP contribution in [0.4, 0.5) is 21.9 Å². The van der Waals surface area contributed by atoms with E-state index in [9.17, 15) is 9.59 Å². The average Bonchev–Trinajstić information content (AvgIpc) is 2.55. The highest BCUT2D eigenvalue weighted by Crippen LogP contribution is 2.20. The smallest absolute Gasteiger partial charge is 0.337 e. The Hall–Kier alpha value is -3.02. The lowest BCUT2D eigenvalue weighted by Crippen LogP contribution is -2.34. The highest BCUT2D eigenvalue weighted by Gasteiger charge is 2.06. The summed E-state index contributed by atoms with van der Waals surface area (Å²) in [5.74, 6) is -0.380. The van der Waals surface area contributed by atoms with Crippen molar-refractivity contribution in [2.45, 2.75) is 19.9 Å². The molecular formula is C18H21N3O3. The summed E-state index contributed by atoms with van der Waals surface area (Å²) in [5.41, 5.74) is 2.79. The van der Waals surface area contributed by atoms with E-state index in [0.29, 0.717) is 11.3 Å². The number of esters is 1. The van der Waals surface area contributed by atoms with E-state index in [4.69, 9.17) is 4.74 Å². The SMILES string of the molecule is COC(=O)c1cccc(Nc2ccc(NC(=O)NC(C)C)cc2)c1. The summed E-state index contributed by atoms with van der Waals surface area (Å²) in [7, 11) is 1.35. The number of hydrogen-bond acceptors (Lipinski definition) is 4. The molecule has 3 N–H and O–H groups in total. The van der Waals surface area contributed by atoms with Crippen molar-refractivity contribution in [3.05, 3.63) is 54.1 Å². The van der Waals surface area contributed by atoms with Gasteiger partial charge in [-0.2, -0.15) is 0 Å². The maximum atomic E-state index is 11.6. The number of urea groups is 1.